The molecule has 13 nitrogen and oxygen atoms in total. The first-order valence-corrected chi connectivity index (χ1v) is 16.0. The van der Waals surface area contributed by atoms with E-state index in [1.165, 1.54) is 6.07 Å². The third-order valence-corrected chi connectivity index (χ3v) is 9.61. The van der Waals surface area contributed by atoms with E-state index in [0.29, 0.717) is 0 Å². The van der Waals surface area contributed by atoms with Gasteiger partial charge in [-0.3, -0.25) is 9.59 Å². The second-order valence-corrected chi connectivity index (χ2v) is 13.8. The number of carbonyl (C=O) groups excluding carboxylic acids is 2. The molecular weight excluding hydrogens is 737 g/mol. The molecule has 4 aromatic carbocycles. The van der Waals surface area contributed by atoms with Crippen molar-refractivity contribution < 1.29 is 137 Å². The van der Waals surface area contributed by atoms with Gasteiger partial charge in [-0.2, -0.15) is 0 Å². The summed E-state index contributed by atoms with van der Waals surface area (Å²) in [5, 5.41) is -0.0799. The fourth-order valence-electron chi connectivity index (χ4n) is 4.72. The average Bonchev–Trinajstić information content (AvgIpc) is 2.88. The van der Waals surface area contributed by atoms with Gasteiger partial charge in [-0.05, 0) is 63.8 Å². The number of hydrogen-bond donors (Lipinski definition) is 0. The Balaban J connectivity index is 0.00000176. The summed E-state index contributed by atoms with van der Waals surface area (Å²) in [5.74, 6) is -1.59. The van der Waals surface area contributed by atoms with Crippen LogP contribution in [0.3, 0.4) is 0 Å². The molecule has 0 aliphatic heterocycles. The van der Waals surface area contributed by atoms with Crippen LogP contribution in [0.4, 0.5) is 0 Å². The van der Waals surface area contributed by atoms with E-state index in [9.17, 15) is 48.5 Å². The number of ketones is 2. The van der Waals surface area contributed by atoms with E-state index in [-0.39, 0.29) is 143 Å². The molecule has 0 N–H and O–H groups in total. The summed E-state index contributed by atoms with van der Waals surface area (Å²) in [5.41, 5.74) is -2.04. The number of benzene rings is 4. The predicted octanol–water partition coefficient (Wildman–Crippen LogP) is -6.80. The minimum absolute atomic E-state index is 0. The molecular formula is C24H8BrN2Na3O11S3. The molecule has 0 radical (unpaired) electrons. The van der Waals surface area contributed by atoms with Gasteiger partial charge in [0.15, 0.2) is 11.6 Å². The number of aromatic nitrogens is 2. The first kappa shape index (κ1) is 37.7. The maximum absolute atomic E-state index is 13.6. The molecule has 0 bridgehead atoms. The minimum atomic E-state index is -5.23. The van der Waals surface area contributed by atoms with E-state index in [2.05, 4.69) is 25.9 Å². The van der Waals surface area contributed by atoms with E-state index in [4.69, 9.17) is 0 Å². The summed E-state index contributed by atoms with van der Waals surface area (Å²) in [7, 11) is -15.1. The number of nitrogens with zero attached hydrogens (tertiary/aromatic N) is 2. The molecule has 1 aromatic heterocycles. The van der Waals surface area contributed by atoms with Crippen LogP contribution in [0.2, 0.25) is 0 Å². The van der Waals surface area contributed by atoms with Gasteiger partial charge in [-0.1, -0.05) is 6.07 Å². The van der Waals surface area contributed by atoms with Gasteiger partial charge in [-0.25, -0.2) is 35.2 Å². The molecule has 1 aliphatic rings. The zero-order valence-electron chi connectivity index (χ0n) is 22.6. The zero-order valence-corrected chi connectivity index (χ0v) is 32.6. The van der Waals surface area contributed by atoms with Crippen molar-refractivity contribution in [1.29, 1.82) is 0 Å². The summed E-state index contributed by atoms with van der Waals surface area (Å²) >= 11 is 3.21. The van der Waals surface area contributed by atoms with Gasteiger partial charge in [0.25, 0.3) is 0 Å². The molecule has 0 saturated carbocycles. The Morgan fingerprint density at radius 1 is 0.568 bits per heavy atom. The first-order valence-electron chi connectivity index (χ1n) is 11.0. The SMILES string of the molecule is O=C1c2cc(S(=O)(=O)[O-])ccc2C(=O)c2c1cc(Br)c1nc3c(S(=O)(=O)[O-])cc4cc(S(=O)(=O)[O-])ccc4c3nc21.[Na+].[Na+].[Na+]. The molecule has 0 amide bonds. The Morgan fingerprint density at radius 3 is 1.73 bits per heavy atom. The molecule has 6 rings (SSSR count). The van der Waals surface area contributed by atoms with E-state index in [0.717, 1.165) is 42.5 Å². The zero-order chi connectivity index (χ0) is 29.8. The largest absolute Gasteiger partial charge is 1.00 e. The van der Waals surface area contributed by atoms with E-state index >= 15 is 0 Å². The van der Waals surface area contributed by atoms with E-state index in [1.54, 1.807) is 0 Å². The predicted molar refractivity (Wildman–Crippen MR) is 139 cm³/mol. The van der Waals surface area contributed by atoms with Crippen LogP contribution >= 0.6 is 15.9 Å². The quantitative estimate of drug-likeness (QED) is 0.0711. The van der Waals surface area contributed by atoms with Gasteiger partial charge < -0.3 is 13.7 Å². The van der Waals surface area contributed by atoms with Gasteiger partial charge in [0.2, 0.25) is 0 Å². The van der Waals surface area contributed by atoms with Crippen LogP contribution in [-0.2, 0) is 30.4 Å². The number of fused-ring (bicyclic) bond motifs is 7. The Hall–Kier alpha value is -0.710. The first-order chi connectivity index (χ1) is 19.0. The van der Waals surface area contributed by atoms with Crippen molar-refractivity contribution in [2.24, 2.45) is 0 Å². The monoisotopic (exact) mass is 744 g/mol. The summed E-state index contributed by atoms with van der Waals surface area (Å²) < 4.78 is 106. The summed E-state index contributed by atoms with van der Waals surface area (Å²) in [6, 6.07) is 7.69. The van der Waals surface area contributed by atoms with Crippen LogP contribution in [0.15, 0.2) is 67.7 Å². The summed E-state index contributed by atoms with van der Waals surface area (Å²) in [4.78, 5) is 33.4. The number of rotatable bonds is 3. The Labute approximate surface area is 323 Å². The third-order valence-electron chi connectivity index (χ3n) is 6.50. The van der Waals surface area contributed by atoms with Crippen molar-refractivity contribution in [3.63, 3.8) is 0 Å². The fraction of sp³-hybridized carbons (Fsp3) is 0. The van der Waals surface area contributed by atoms with Crippen molar-refractivity contribution >= 4 is 90.7 Å². The van der Waals surface area contributed by atoms with E-state index < -0.39 is 62.1 Å². The molecule has 0 fully saturated rings. The standard InChI is InChI=1S/C24H11BrN2O11S3.3Na/c25-16-8-15-18(24(29)13-4-2-11(40(33,34)35)7-14(13)23(15)28)22-20(16)27-21-17(41(36,37)38)6-9-5-10(39(30,31)32)1-3-12(9)19(21)26-22;;;/h1-8H,(H,30,31,32)(H,33,34,35)(H,36,37,38);;;/q;3*+1/p-3. The van der Waals surface area contributed by atoms with Crippen molar-refractivity contribution in [1.82, 2.24) is 9.97 Å². The Kier molecular flexibility index (Phi) is 10.9. The van der Waals surface area contributed by atoms with Crippen molar-refractivity contribution in [3.8, 4) is 0 Å². The average molecular weight is 745 g/mol. The van der Waals surface area contributed by atoms with Crippen LogP contribution in [0.25, 0.3) is 32.8 Å². The number of carbonyl (C=O) groups is 2. The topological polar surface area (TPSA) is 232 Å². The van der Waals surface area contributed by atoms with Crippen molar-refractivity contribution in [2.75, 3.05) is 0 Å². The van der Waals surface area contributed by atoms with Gasteiger partial charge in [0.05, 0.1) is 25.8 Å². The van der Waals surface area contributed by atoms with Gasteiger partial charge in [-0.15, -0.1) is 0 Å². The van der Waals surface area contributed by atoms with Crippen molar-refractivity contribution in [3.05, 3.63) is 75.3 Å². The molecule has 5 aromatic rings. The molecule has 1 aliphatic carbocycles. The summed E-state index contributed by atoms with van der Waals surface area (Å²) in [6.07, 6.45) is 0. The van der Waals surface area contributed by atoms with E-state index in [1.807, 2.05) is 0 Å². The summed E-state index contributed by atoms with van der Waals surface area (Å²) in [6.45, 7) is 0. The maximum Gasteiger partial charge on any atom is 1.00 e. The normalized spacial score (nSPS) is 13.1. The fourth-order valence-corrected chi connectivity index (χ4v) is 6.87. The molecule has 0 spiro atoms. The molecule has 0 saturated heterocycles. The Bertz CT molecular complexity index is 2460. The van der Waals surface area contributed by atoms with Crippen LogP contribution in [-0.4, -0.2) is 60.4 Å². The molecule has 20 heteroatoms. The third kappa shape index (κ3) is 6.28. The number of halogens is 1. The molecule has 1 heterocycles. The Morgan fingerprint density at radius 2 is 1.14 bits per heavy atom. The minimum Gasteiger partial charge on any atom is -0.744 e. The van der Waals surface area contributed by atoms with Gasteiger partial charge in [0.1, 0.15) is 46.9 Å². The molecule has 208 valence electrons. The van der Waals surface area contributed by atoms with Crippen LogP contribution < -0.4 is 88.7 Å². The second kappa shape index (κ2) is 12.7. The molecule has 0 atom stereocenters. The van der Waals surface area contributed by atoms with Crippen LogP contribution in [0.1, 0.15) is 31.8 Å². The van der Waals surface area contributed by atoms with Crippen molar-refractivity contribution in [2.45, 2.75) is 14.7 Å². The number of hydrogen-bond acceptors (Lipinski definition) is 13. The van der Waals surface area contributed by atoms with Gasteiger partial charge >= 0.3 is 88.7 Å². The smallest absolute Gasteiger partial charge is 0.744 e. The maximum atomic E-state index is 13.6. The second-order valence-electron chi connectivity index (χ2n) is 8.88. The molecule has 44 heavy (non-hydrogen) atoms. The van der Waals surface area contributed by atoms with Gasteiger partial charge in [0, 0.05) is 26.5 Å². The molecule has 0 unspecified atom stereocenters. The van der Waals surface area contributed by atoms with Crippen LogP contribution in [0.5, 0.6) is 0 Å². The van der Waals surface area contributed by atoms with Crippen LogP contribution in [0, 0.1) is 0 Å².